The summed E-state index contributed by atoms with van der Waals surface area (Å²) in [5.74, 6) is 0.441. The fourth-order valence-electron chi connectivity index (χ4n) is 2.91. The van der Waals surface area contributed by atoms with Gasteiger partial charge in [0.2, 0.25) is 5.91 Å². The number of carbonyl (C=O) groups is 1. The van der Waals surface area contributed by atoms with Crippen molar-refractivity contribution >= 4 is 23.4 Å². The summed E-state index contributed by atoms with van der Waals surface area (Å²) in [6.45, 7) is 4.40. The molecule has 7 heteroatoms. The fraction of sp³-hybridized carbons (Fsp3) is 0.250. The van der Waals surface area contributed by atoms with Crippen molar-refractivity contribution in [2.24, 2.45) is 0 Å². The van der Waals surface area contributed by atoms with Crippen LogP contribution >= 0.6 is 0 Å². The van der Waals surface area contributed by atoms with Crippen molar-refractivity contribution in [2.75, 3.05) is 12.1 Å². The molecule has 0 atom stereocenters. The lowest BCUT2D eigenvalue weighted by Crippen LogP contribution is -2.13. The second kappa shape index (κ2) is 8.01. The number of para-hydroxylation sites is 1. The van der Waals surface area contributed by atoms with E-state index in [9.17, 15) is 14.9 Å². The molecule has 0 saturated heterocycles. The first-order valence-electron chi connectivity index (χ1n) is 8.55. The summed E-state index contributed by atoms with van der Waals surface area (Å²) in [5, 5.41) is 14.0. The van der Waals surface area contributed by atoms with E-state index >= 15 is 0 Å². The van der Waals surface area contributed by atoms with E-state index in [2.05, 4.69) is 19.2 Å². The number of hydrogen-bond donors (Lipinski definition) is 1. The Labute approximate surface area is 156 Å². The molecule has 0 fully saturated rings. The minimum Gasteiger partial charge on any atom is -0.467 e. The number of nitro benzene ring substituents is 1. The number of nitrogens with one attached hydrogen (secondary N) is 1. The van der Waals surface area contributed by atoms with Gasteiger partial charge in [-0.15, -0.1) is 0 Å². The van der Waals surface area contributed by atoms with Gasteiger partial charge in [0.25, 0.3) is 5.69 Å². The van der Waals surface area contributed by atoms with Crippen LogP contribution < -0.4 is 10.1 Å². The molecule has 140 valence electrons. The first kappa shape index (κ1) is 18.6. The highest BCUT2D eigenvalue weighted by atomic mass is 16.7. The zero-order valence-electron chi connectivity index (χ0n) is 15.1. The number of non-ortho nitro benzene ring substituents is 1. The van der Waals surface area contributed by atoms with E-state index in [1.807, 2.05) is 24.3 Å². The molecule has 0 aromatic heterocycles. The maximum absolute atomic E-state index is 12.4. The number of nitrogens with zero attached hydrogens (tertiary/aromatic N) is 1. The Kier molecular flexibility index (Phi) is 5.52. The predicted octanol–water partition coefficient (Wildman–Crippen LogP) is 4.24. The van der Waals surface area contributed by atoms with Gasteiger partial charge in [0, 0.05) is 35.0 Å². The standard InChI is InChI=1S/C20H20N2O5/c1-13(2)17-5-3-4-6-18(17)21-19(23)8-7-14-9-16(22(24)25)10-15-11-26-12-27-20(14)15/h3-10,13H,11-12H2,1-2H3,(H,21,23)/b8-7+. The Hall–Kier alpha value is -3.19. The van der Waals surface area contributed by atoms with E-state index in [4.69, 9.17) is 9.47 Å². The van der Waals surface area contributed by atoms with Crippen LogP contribution in [0.1, 0.15) is 36.5 Å². The summed E-state index contributed by atoms with van der Waals surface area (Å²) in [4.78, 5) is 23.0. The van der Waals surface area contributed by atoms with Crippen LogP contribution in [0.3, 0.4) is 0 Å². The van der Waals surface area contributed by atoms with E-state index in [0.29, 0.717) is 16.9 Å². The minimum atomic E-state index is -0.481. The van der Waals surface area contributed by atoms with Crippen molar-refractivity contribution < 1.29 is 19.2 Å². The molecule has 1 heterocycles. The van der Waals surface area contributed by atoms with Gasteiger partial charge in [-0.25, -0.2) is 0 Å². The number of anilines is 1. The normalized spacial score (nSPS) is 13.3. The van der Waals surface area contributed by atoms with E-state index < -0.39 is 4.92 Å². The van der Waals surface area contributed by atoms with Gasteiger partial charge in [0.15, 0.2) is 6.79 Å². The zero-order valence-corrected chi connectivity index (χ0v) is 15.1. The number of benzene rings is 2. The summed E-state index contributed by atoms with van der Waals surface area (Å²) in [6.07, 6.45) is 2.86. The van der Waals surface area contributed by atoms with Gasteiger partial charge in [-0.3, -0.25) is 14.9 Å². The van der Waals surface area contributed by atoms with Crippen molar-refractivity contribution in [1.82, 2.24) is 0 Å². The molecule has 2 aromatic carbocycles. The fourth-order valence-corrected chi connectivity index (χ4v) is 2.91. The second-order valence-electron chi connectivity index (χ2n) is 6.46. The molecular formula is C20H20N2O5. The highest BCUT2D eigenvalue weighted by Crippen LogP contribution is 2.33. The van der Waals surface area contributed by atoms with Crippen LogP contribution in [0.15, 0.2) is 42.5 Å². The van der Waals surface area contributed by atoms with Gasteiger partial charge in [0.05, 0.1) is 11.5 Å². The number of carbonyl (C=O) groups excluding carboxylic acids is 1. The third kappa shape index (κ3) is 4.32. The van der Waals surface area contributed by atoms with E-state index in [0.717, 1.165) is 11.3 Å². The number of amides is 1. The van der Waals surface area contributed by atoms with Crippen molar-refractivity contribution in [3.8, 4) is 5.75 Å². The summed E-state index contributed by atoms with van der Waals surface area (Å²) < 4.78 is 10.6. The van der Waals surface area contributed by atoms with Gasteiger partial charge in [-0.05, 0) is 23.6 Å². The average Bonchev–Trinajstić information content (AvgIpc) is 2.66. The summed E-state index contributed by atoms with van der Waals surface area (Å²) in [5.41, 5.74) is 2.75. The Morgan fingerprint density at radius 3 is 2.81 bits per heavy atom. The van der Waals surface area contributed by atoms with Crippen LogP contribution in [0.25, 0.3) is 6.08 Å². The minimum absolute atomic E-state index is 0.0691. The Morgan fingerprint density at radius 2 is 2.07 bits per heavy atom. The summed E-state index contributed by atoms with van der Waals surface area (Å²) in [7, 11) is 0. The second-order valence-corrected chi connectivity index (χ2v) is 6.46. The van der Waals surface area contributed by atoms with Gasteiger partial charge in [-0.1, -0.05) is 32.0 Å². The van der Waals surface area contributed by atoms with Gasteiger partial charge >= 0.3 is 0 Å². The molecular weight excluding hydrogens is 348 g/mol. The first-order valence-corrected chi connectivity index (χ1v) is 8.55. The third-order valence-electron chi connectivity index (χ3n) is 4.19. The quantitative estimate of drug-likeness (QED) is 0.484. The van der Waals surface area contributed by atoms with Gasteiger partial charge in [0.1, 0.15) is 5.75 Å². The molecule has 1 aliphatic rings. The van der Waals surface area contributed by atoms with E-state index in [1.54, 1.807) is 0 Å². The maximum atomic E-state index is 12.4. The number of fused-ring (bicyclic) bond motifs is 1. The van der Waals surface area contributed by atoms with Crippen LogP contribution in [0.4, 0.5) is 11.4 Å². The lowest BCUT2D eigenvalue weighted by Gasteiger charge is -2.19. The van der Waals surface area contributed by atoms with Crippen LogP contribution in [0.5, 0.6) is 5.75 Å². The number of nitro groups is 1. The van der Waals surface area contributed by atoms with Crippen LogP contribution in [0, 0.1) is 10.1 Å². The van der Waals surface area contributed by atoms with Crippen molar-refractivity contribution in [3.63, 3.8) is 0 Å². The molecule has 0 radical (unpaired) electrons. The molecule has 0 bridgehead atoms. The molecule has 3 rings (SSSR count). The lowest BCUT2D eigenvalue weighted by atomic mass is 10.0. The molecule has 0 aliphatic carbocycles. The van der Waals surface area contributed by atoms with Gasteiger partial charge in [-0.2, -0.15) is 0 Å². The molecule has 1 N–H and O–H groups in total. The van der Waals surface area contributed by atoms with Crippen LogP contribution in [-0.2, 0) is 16.1 Å². The highest BCUT2D eigenvalue weighted by molar-refractivity contribution is 6.02. The first-order chi connectivity index (χ1) is 13.0. The molecule has 0 unspecified atom stereocenters. The molecule has 2 aromatic rings. The molecule has 0 spiro atoms. The SMILES string of the molecule is CC(C)c1ccccc1NC(=O)/C=C/c1cc([N+](=O)[O-])cc2c1OCOC2. The molecule has 1 aliphatic heterocycles. The monoisotopic (exact) mass is 368 g/mol. The third-order valence-corrected chi connectivity index (χ3v) is 4.19. The summed E-state index contributed by atoms with van der Waals surface area (Å²) in [6, 6.07) is 10.4. The Balaban J connectivity index is 1.84. The topological polar surface area (TPSA) is 90.7 Å². The average molecular weight is 368 g/mol. The number of hydrogen-bond acceptors (Lipinski definition) is 5. The van der Waals surface area contributed by atoms with Crippen molar-refractivity contribution in [2.45, 2.75) is 26.4 Å². The maximum Gasteiger partial charge on any atom is 0.270 e. The van der Waals surface area contributed by atoms with E-state index in [-0.39, 0.29) is 30.9 Å². The highest BCUT2D eigenvalue weighted by Gasteiger charge is 2.20. The van der Waals surface area contributed by atoms with E-state index in [1.165, 1.54) is 24.3 Å². The van der Waals surface area contributed by atoms with Crippen LogP contribution in [-0.4, -0.2) is 17.6 Å². The largest absolute Gasteiger partial charge is 0.467 e. The van der Waals surface area contributed by atoms with Crippen molar-refractivity contribution in [3.05, 3.63) is 69.3 Å². The Morgan fingerprint density at radius 1 is 1.30 bits per heavy atom. The molecule has 0 saturated carbocycles. The molecule has 1 amide bonds. The Bertz CT molecular complexity index is 905. The van der Waals surface area contributed by atoms with Crippen molar-refractivity contribution in [1.29, 1.82) is 0 Å². The van der Waals surface area contributed by atoms with Crippen LogP contribution in [0.2, 0.25) is 0 Å². The van der Waals surface area contributed by atoms with Gasteiger partial charge < -0.3 is 14.8 Å². The number of ether oxygens (including phenoxy) is 2. The molecule has 7 nitrogen and oxygen atoms in total. The predicted molar refractivity (Wildman–Crippen MR) is 102 cm³/mol. The lowest BCUT2D eigenvalue weighted by molar-refractivity contribution is -0.385. The zero-order chi connectivity index (χ0) is 19.4. The smallest absolute Gasteiger partial charge is 0.270 e. The summed E-state index contributed by atoms with van der Waals surface area (Å²) >= 11 is 0. The number of rotatable bonds is 5. The molecule has 27 heavy (non-hydrogen) atoms.